The lowest BCUT2D eigenvalue weighted by Gasteiger charge is -2.48. The van der Waals surface area contributed by atoms with Crippen molar-refractivity contribution in [1.82, 2.24) is 4.90 Å². The fraction of sp³-hybridized carbons (Fsp3) is 0.217. The summed E-state index contributed by atoms with van der Waals surface area (Å²) >= 11 is 3.46. The minimum absolute atomic E-state index is 0.00422. The van der Waals surface area contributed by atoms with Gasteiger partial charge >= 0.3 is 0 Å². The molecule has 0 bridgehead atoms. The van der Waals surface area contributed by atoms with Gasteiger partial charge in [-0.25, -0.2) is 17.2 Å². The third-order valence-corrected chi connectivity index (χ3v) is 7.10. The molecule has 31 heavy (non-hydrogen) atoms. The normalized spacial score (nSPS) is 16.0. The Bertz CT molecular complexity index is 1150. The van der Waals surface area contributed by atoms with Gasteiger partial charge in [0.15, 0.2) is 0 Å². The molecule has 0 N–H and O–H groups in total. The van der Waals surface area contributed by atoms with Crippen molar-refractivity contribution < 1.29 is 17.2 Å². The molecule has 0 spiro atoms. The van der Waals surface area contributed by atoms with Crippen molar-refractivity contribution in [2.75, 3.05) is 23.7 Å². The smallest absolute Gasteiger partial charge is 0.232 e. The first-order chi connectivity index (χ1) is 14.7. The Hall–Kier alpha value is -2.29. The lowest BCUT2D eigenvalue weighted by Crippen LogP contribution is -2.61. The Morgan fingerprint density at radius 1 is 0.935 bits per heavy atom. The zero-order valence-corrected chi connectivity index (χ0v) is 19.2. The molecule has 0 amide bonds. The maximum absolute atomic E-state index is 13.8. The molecule has 1 heterocycles. The van der Waals surface area contributed by atoms with Crippen molar-refractivity contribution in [2.45, 2.75) is 12.1 Å². The molecule has 1 aliphatic heterocycles. The van der Waals surface area contributed by atoms with E-state index in [-0.39, 0.29) is 11.7 Å². The molecular weight excluding hydrogens is 486 g/mol. The van der Waals surface area contributed by atoms with E-state index in [1.807, 2.05) is 54.6 Å². The van der Waals surface area contributed by atoms with E-state index in [1.165, 1.54) is 0 Å². The van der Waals surface area contributed by atoms with E-state index in [9.17, 15) is 17.2 Å². The van der Waals surface area contributed by atoms with Crippen LogP contribution in [-0.2, 0) is 10.0 Å². The van der Waals surface area contributed by atoms with Gasteiger partial charge in [-0.05, 0) is 35.4 Å². The van der Waals surface area contributed by atoms with E-state index in [2.05, 4.69) is 20.8 Å². The number of hydrogen-bond donors (Lipinski definition) is 0. The summed E-state index contributed by atoms with van der Waals surface area (Å²) in [5, 5.41) is 0. The van der Waals surface area contributed by atoms with Crippen LogP contribution in [0, 0.1) is 11.6 Å². The summed E-state index contributed by atoms with van der Waals surface area (Å²) in [5.41, 5.74) is 2.17. The Morgan fingerprint density at radius 2 is 1.48 bits per heavy atom. The molecule has 1 atom stereocenters. The van der Waals surface area contributed by atoms with Crippen LogP contribution in [0.2, 0.25) is 0 Å². The summed E-state index contributed by atoms with van der Waals surface area (Å²) in [4.78, 5) is 2.16. The van der Waals surface area contributed by atoms with Gasteiger partial charge in [0.05, 0.1) is 24.0 Å². The average molecular weight is 507 g/mol. The molecule has 0 aromatic heterocycles. The van der Waals surface area contributed by atoms with Gasteiger partial charge in [-0.3, -0.25) is 9.21 Å². The van der Waals surface area contributed by atoms with Gasteiger partial charge < -0.3 is 0 Å². The molecule has 0 aliphatic carbocycles. The average Bonchev–Trinajstić information content (AvgIpc) is 2.66. The van der Waals surface area contributed by atoms with Crippen LogP contribution in [0.3, 0.4) is 0 Å². The van der Waals surface area contributed by atoms with Crippen LogP contribution in [0.1, 0.15) is 17.2 Å². The van der Waals surface area contributed by atoms with Crippen LogP contribution >= 0.6 is 15.9 Å². The molecule has 1 fully saturated rings. The number of hydrogen-bond acceptors (Lipinski definition) is 3. The van der Waals surface area contributed by atoms with Crippen LogP contribution < -0.4 is 4.31 Å². The van der Waals surface area contributed by atoms with Crippen molar-refractivity contribution in [1.29, 1.82) is 0 Å². The lowest BCUT2D eigenvalue weighted by molar-refractivity contribution is 0.116. The third kappa shape index (κ3) is 4.81. The highest BCUT2D eigenvalue weighted by Crippen LogP contribution is 2.36. The van der Waals surface area contributed by atoms with Gasteiger partial charge in [0.25, 0.3) is 0 Å². The summed E-state index contributed by atoms with van der Waals surface area (Å²) in [5.74, 6) is -1.62. The van der Waals surface area contributed by atoms with E-state index in [1.54, 1.807) is 0 Å². The molecule has 8 heteroatoms. The van der Waals surface area contributed by atoms with Crippen LogP contribution in [0.15, 0.2) is 77.3 Å². The van der Waals surface area contributed by atoms with Gasteiger partial charge in [0.2, 0.25) is 10.0 Å². The summed E-state index contributed by atoms with van der Waals surface area (Å²) in [6.45, 7) is 0.863. The van der Waals surface area contributed by atoms with Gasteiger partial charge in [-0.1, -0.05) is 58.4 Å². The number of halogens is 3. The molecule has 4 nitrogen and oxygen atoms in total. The first kappa shape index (κ1) is 21.9. The zero-order valence-electron chi connectivity index (χ0n) is 16.8. The minimum atomic E-state index is -3.73. The number of likely N-dealkylation sites (tertiary alicyclic amines) is 1. The topological polar surface area (TPSA) is 40.6 Å². The van der Waals surface area contributed by atoms with Crippen LogP contribution in [0.25, 0.3) is 0 Å². The van der Waals surface area contributed by atoms with Gasteiger partial charge in [-0.2, -0.15) is 0 Å². The molecular formula is C23H21BrF2N2O2S. The van der Waals surface area contributed by atoms with E-state index >= 15 is 0 Å². The molecule has 4 rings (SSSR count). The quantitative estimate of drug-likeness (QED) is 0.474. The van der Waals surface area contributed by atoms with Crippen molar-refractivity contribution in [3.8, 4) is 0 Å². The zero-order chi connectivity index (χ0) is 22.2. The summed E-state index contributed by atoms with van der Waals surface area (Å²) in [6.07, 6.45) is 1.06. The van der Waals surface area contributed by atoms with Crippen LogP contribution in [0.4, 0.5) is 14.5 Å². The highest BCUT2D eigenvalue weighted by atomic mass is 79.9. The number of anilines is 1. The van der Waals surface area contributed by atoms with Crippen molar-refractivity contribution >= 4 is 31.6 Å². The number of rotatable bonds is 6. The van der Waals surface area contributed by atoms with Crippen molar-refractivity contribution in [3.63, 3.8) is 0 Å². The number of benzene rings is 3. The molecule has 1 saturated heterocycles. The Labute approximate surface area is 189 Å². The predicted octanol–water partition coefficient (Wildman–Crippen LogP) is 4.97. The highest BCUT2D eigenvalue weighted by Gasteiger charge is 2.40. The first-order valence-electron chi connectivity index (χ1n) is 9.72. The molecule has 0 unspecified atom stereocenters. The monoisotopic (exact) mass is 506 g/mol. The lowest BCUT2D eigenvalue weighted by atomic mass is 9.93. The molecule has 3 aromatic carbocycles. The van der Waals surface area contributed by atoms with E-state index < -0.39 is 27.7 Å². The predicted molar refractivity (Wildman–Crippen MR) is 121 cm³/mol. The van der Waals surface area contributed by atoms with E-state index in [4.69, 9.17) is 0 Å². The largest absolute Gasteiger partial charge is 0.288 e. The second-order valence-electron chi connectivity index (χ2n) is 7.66. The Balaban J connectivity index is 1.64. The van der Waals surface area contributed by atoms with Crippen LogP contribution in [0.5, 0.6) is 0 Å². The fourth-order valence-electron chi connectivity index (χ4n) is 4.08. The third-order valence-electron chi connectivity index (χ3n) is 5.35. The molecule has 3 aromatic rings. The van der Waals surface area contributed by atoms with Gasteiger partial charge in [-0.15, -0.1) is 0 Å². The summed E-state index contributed by atoms with van der Waals surface area (Å²) in [7, 11) is -3.73. The fourth-order valence-corrected chi connectivity index (χ4v) is 5.51. The Morgan fingerprint density at radius 3 is 2.03 bits per heavy atom. The van der Waals surface area contributed by atoms with Crippen molar-refractivity contribution in [2.24, 2.45) is 0 Å². The standard InChI is InChI=1S/C23H21BrF2N2O2S/c1-31(29,30)28(21-12-19(25)11-20(26)13-21)22-14-27(15-22)23(16-5-3-2-4-6-16)17-7-9-18(24)10-8-17/h2-13,22-23H,14-15H2,1H3/t23-/m0/s1. The van der Waals surface area contributed by atoms with Gasteiger partial charge in [0.1, 0.15) is 11.6 Å². The Kier molecular flexibility index (Phi) is 6.14. The first-order valence-corrected chi connectivity index (χ1v) is 12.4. The highest BCUT2D eigenvalue weighted by molar-refractivity contribution is 9.10. The number of sulfonamides is 1. The van der Waals surface area contributed by atoms with E-state index in [0.29, 0.717) is 13.1 Å². The molecule has 162 valence electrons. The number of nitrogens with zero attached hydrogens (tertiary/aromatic N) is 2. The second-order valence-corrected chi connectivity index (χ2v) is 10.4. The van der Waals surface area contributed by atoms with Crippen molar-refractivity contribution in [3.05, 3.63) is 100 Å². The second kappa shape index (κ2) is 8.68. The van der Waals surface area contributed by atoms with Crippen LogP contribution in [-0.4, -0.2) is 38.7 Å². The molecule has 1 aliphatic rings. The summed E-state index contributed by atoms with van der Waals surface area (Å²) < 4.78 is 54.6. The SMILES string of the molecule is CS(=O)(=O)N(c1cc(F)cc(F)c1)C1CN([C@@H](c2ccccc2)c2ccc(Br)cc2)C1. The maximum atomic E-state index is 13.8. The maximum Gasteiger partial charge on any atom is 0.232 e. The summed E-state index contributed by atoms with van der Waals surface area (Å²) in [6, 6.07) is 20.3. The molecule has 0 saturated carbocycles. The molecule has 0 radical (unpaired) electrons. The van der Waals surface area contributed by atoms with E-state index in [0.717, 1.165) is 44.4 Å². The minimum Gasteiger partial charge on any atom is -0.288 e. The van der Waals surface area contributed by atoms with Gasteiger partial charge in [0, 0.05) is 23.6 Å².